The fourth-order valence-corrected chi connectivity index (χ4v) is 3.12. The lowest BCUT2D eigenvalue weighted by Gasteiger charge is -2.05. The summed E-state index contributed by atoms with van der Waals surface area (Å²) >= 11 is 6.09. The van der Waals surface area contributed by atoms with Gasteiger partial charge in [0.15, 0.2) is 0 Å². The number of aromatic amines is 1. The summed E-state index contributed by atoms with van der Waals surface area (Å²) in [6.07, 6.45) is 3.06. The average molecular weight is 418 g/mol. The number of carbonyl (C=O) groups excluding carboxylic acids is 1. The van der Waals surface area contributed by atoms with Crippen LogP contribution in [0.4, 0.5) is 10.1 Å². The van der Waals surface area contributed by atoms with Crippen LogP contribution in [0, 0.1) is 17.1 Å². The van der Waals surface area contributed by atoms with Gasteiger partial charge in [-0.1, -0.05) is 23.7 Å². The number of amides is 1. The highest BCUT2D eigenvalue weighted by Crippen LogP contribution is 2.30. The first-order valence-corrected chi connectivity index (χ1v) is 9.20. The van der Waals surface area contributed by atoms with E-state index in [1.54, 1.807) is 48.7 Å². The molecule has 0 radical (unpaired) electrons. The largest absolute Gasteiger partial charge is 0.338 e. The number of nitriles is 1. The summed E-state index contributed by atoms with van der Waals surface area (Å²) in [5.74, 6) is -0.582. The van der Waals surface area contributed by atoms with Gasteiger partial charge in [0.25, 0.3) is 5.91 Å². The molecule has 0 aliphatic rings. The number of pyridine rings is 1. The van der Waals surface area contributed by atoms with E-state index in [0.29, 0.717) is 28.3 Å². The first kappa shape index (κ1) is 19.3. The minimum Gasteiger partial charge on any atom is -0.338 e. The van der Waals surface area contributed by atoms with Crippen molar-refractivity contribution in [3.05, 3.63) is 89.1 Å². The number of anilines is 1. The van der Waals surface area contributed by atoms with Crippen molar-refractivity contribution in [2.45, 2.75) is 0 Å². The van der Waals surface area contributed by atoms with Crippen LogP contribution in [0.1, 0.15) is 16.1 Å². The van der Waals surface area contributed by atoms with Crippen molar-refractivity contribution >= 4 is 23.2 Å². The van der Waals surface area contributed by atoms with Gasteiger partial charge in [-0.15, -0.1) is 0 Å². The second-order valence-electron chi connectivity index (χ2n) is 6.32. The molecule has 4 aromatic rings. The Hall–Kier alpha value is -4.02. The predicted molar refractivity (Wildman–Crippen MR) is 111 cm³/mol. The van der Waals surface area contributed by atoms with E-state index in [-0.39, 0.29) is 16.3 Å². The minimum atomic E-state index is -0.478. The van der Waals surface area contributed by atoms with E-state index in [1.165, 1.54) is 18.3 Å². The lowest BCUT2D eigenvalue weighted by atomic mass is 10.2. The molecule has 146 valence electrons. The maximum Gasteiger partial charge on any atom is 0.274 e. The maximum absolute atomic E-state index is 14.1. The Morgan fingerprint density at radius 1 is 1.10 bits per heavy atom. The molecule has 0 fully saturated rings. The van der Waals surface area contributed by atoms with Gasteiger partial charge < -0.3 is 10.3 Å². The van der Waals surface area contributed by atoms with E-state index in [2.05, 4.69) is 20.3 Å². The highest BCUT2D eigenvalue weighted by molar-refractivity contribution is 6.33. The third-order valence-corrected chi connectivity index (χ3v) is 4.65. The molecule has 8 heteroatoms. The first-order valence-electron chi connectivity index (χ1n) is 8.82. The van der Waals surface area contributed by atoms with Crippen LogP contribution >= 0.6 is 11.6 Å². The number of imidazole rings is 1. The van der Waals surface area contributed by atoms with Crippen LogP contribution in [-0.4, -0.2) is 20.9 Å². The van der Waals surface area contributed by atoms with Crippen LogP contribution in [-0.2, 0) is 0 Å². The van der Waals surface area contributed by atoms with Gasteiger partial charge in [0.1, 0.15) is 17.3 Å². The van der Waals surface area contributed by atoms with Crippen molar-refractivity contribution in [2.75, 3.05) is 5.32 Å². The Balaban J connectivity index is 1.53. The Labute approximate surface area is 176 Å². The molecule has 30 heavy (non-hydrogen) atoms. The molecule has 2 aromatic carbocycles. The van der Waals surface area contributed by atoms with Crippen LogP contribution in [0.15, 0.2) is 67.0 Å². The summed E-state index contributed by atoms with van der Waals surface area (Å²) in [7, 11) is 0. The topological polar surface area (TPSA) is 94.5 Å². The summed E-state index contributed by atoms with van der Waals surface area (Å²) in [4.78, 5) is 23.8. The zero-order chi connectivity index (χ0) is 21.1. The third kappa shape index (κ3) is 3.90. The molecular weight excluding hydrogens is 405 g/mol. The standard InChI is InChI=1S/C22H13ClFN5O/c23-16-5-2-6-17(24)20(16)21-27-12-19(29-21)14-7-8-18(26-11-14)22(30)28-15-4-1-3-13(9-15)10-25/h1-9,11-12H,(H,27,29)(H,28,30). The zero-order valence-electron chi connectivity index (χ0n) is 15.4. The Kier molecular flexibility index (Phi) is 5.24. The molecule has 2 aromatic heterocycles. The Bertz CT molecular complexity index is 1260. The van der Waals surface area contributed by atoms with Gasteiger partial charge >= 0.3 is 0 Å². The van der Waals surface area contributed by atoms with Crippen LogP contribution in [0.2, 0.25) is 5.02 Å². The molecule has 0 atom stereocenters. The maximum atomic E-state index is 14.1. The molecule has 2 N–H and O–H groups in total. The van der Waals surface area contributed by atoms with E-state index < -0.39 is 11.7 Å². The van der Waals surface area contributed by atoms with Crippen molar-refractivity contribution < 1.29 is 9.18 Å². The monoisotopic (exact) mass is 417 g/mol. The van der Waals surface area contributed by atoms with Crippen LogP contribution in [0.5, 0.6) is 0 Å². The summed E-state index contributed by atoms with van der Waals surface area (Å²) < 4.78 is 14.1. The molecule has 0 spiro atoms. The highest BCUT2D eigenvalue weighted by atomic mass is 35.5. The van der Waals surface area contributed by atoms with Gasteiger partial charge in [0.2, 0.25) is 0 Å². The van der Waals surface area contributed by atoms with E-state index in [9.17, 15) is 9.18 Å². The zero-order valence-corrected chi connectivity index (χ0v) is 16.1. The number of rotatable bonds is 4. The molecule has 0 saturated carbocycles. The molecule has 6 nitrogen and oxygen atoms in total. The predicted octanol–water partition coefficient (Wildman–Crippen LogP) is 5.06. The van der Waals surface area contributed by atoms with Gasteiger partial charge in [-0.25, -0.2) is 9.37 Å². The Morgan fingerprint density at radius 2 is 1.93 bits per heavy atom. The normalized spacial score (nSPS) is 10.4. The first-order chi connectivity index (χ1) is 14.5. The SMILES string of the molecule is N#Cc1cccc(NC(=O)c2ccc(-c3cnc(-c4c(F)cccc4Cl)[nH]3)cn2)c1. The van der Waals surface area contributed by atoms with Gasteiger partial charge in [-0.3, -0.25) is 9.78 Å². The number of hydrogen-bond acceptors (Lipinski definition) is 4. The van der Waals surface area contributed by atoms with E-state index in [1.807, 2.05) is 6.07 Å². The number of nitrogens with one attached hydrogen (secondary N) is 2. The molecule has 0 aliphatic heterocycles. The number of halogens is 2. The van der Waals surface area contributed by atoms with Gasteiger partial charge in [0, 0.05) is 17.4 Å². The third-order valence-electron chi connectivity index (χ3n) is 4.33. The molecule has 2 heterocycles. The lowest BCUT2D eigenvalue weighted by Crippen LogP contribution is -2.13. The summed E-state index contributed by atoms with van der Waals surface area (Å²) in [5.41, 5.74) is 2.62. The second-order valence-corrected chi connectivity index (χ2v) is 6.73. The number of hydrogen-bond donors (Lipinski definition) is 2. The van der Waals surface area contributed by atoms with Crippen molar-refractivity contribution in [3.63, 3.8) is 0 Å². The summed E-state index contributed by atoms with van der Waals surface area (Å²) in [6.45, 7) is 0. The van der Waals surface area contributed by atoms with Crippen LogP contribution in [0.3, 0.4) is 0 Å². The number of H-pyrrole nitrogens is 1. The van der Waals surface area contributed by atoms with Crippen molar-refractivity contribution in [3.8, 4) is 28.7 Å². The minimum absolute atomic E-state index is 0.189. The number of aromatic nitrogens is 3. The molecule has 1 amide bonds. The quantitative estimate of drug-likeness (QED) is 0.485. The van der Waals surface area contributed by atoms with Crippen LogP contribution < -0.4 is 5.32 Å². The van der Waals surface area contributed by atoms with E-state index >= 15 is 0 Å². The number of nitrogens with zero attached hydrogens (tertiary/aromatic N) is 3. The molecular formula is C22H13ClFN5O. The van der Waals surface area contributed by atoms with Gasteiger partial charge in [-0.05, 0) is 42.5 Å². The van der Waals surface area contributed by atoms with Crippen molar-refractivity contribution in [1.82, 2.24) is 15.0 Å². The fourth-order valence-electron chi connectivity index (χ4n) is 2.87. The average Bonchev–Trinajstić information content (AvgIpc) is 3.23. The summed E-state index contributed by atoms with van der Waals surface area (Å²) in [5, 5.41) is 11.9. The molecule has 0 aliphatic carbocycles. The molecule has 4 rings (SSSR count). The van der Waals surface area contributed by atoms with Gasteiger partial charge in [0.05, 0.1) is 34.1 Å². The highest BCUT2D eigenvalue weighted by Gasteiger charge is 2.14. The number of benzene rings is 2. The molecule has 0 unspecified atom stereocenters. The van der Waals surface area contributed by atoms with Crippen molar-refractivity contribution in [1.29, 1.82) is 5.26 Å². The van der Waals surface area contributed by atoms with E-state index in [4.69, 9.17) is 16.9 Å². The summed E-state index contributed by atoms with van der Waals surface area (Å²) in [6, 6.07) is 16.3. The number of carbonyl (C=O) groups is 1. The smallest absolute Gasteiger partial charge is 0.274 e. The fraction of sp³-hybridized carbons (Fsp3) is 0. The second kappa shape index (κ2) is 8.15. The molecule has 0 saturated heterocycles. The van der Waals surface area contributed by atoms with Gasteiger partial charge in [-0.2, -0.15) is 5.26 Å². The van der Waals surface area contributed by atoms with Crippen molar-refractivity contribution in [2.24, 2.45) is 0 Å². The lowest BCUT2D eigenvalue weighted by molar-refractivity contribution is 0.102. The Morgan fingerprint density at radius 3 is 2.67 bits per heavy atom. The van der Waals surface area contributed by atoms with Crippen LogP contribution in [0.25, 0.3) is 22.6 Å². The van der Waals surface area contributed by atoms with E-state index in [0.717, 1.165) is 0 Å². The molecule has 0 bridgehead atoms.